The van der Waals surface area contributed by atoms with Crippen LogP contribution in [0, 0.1) is 5.92 Å². The largest absolute Gasteiger partial charge is 0.493 e. The number of thiazole rings is 1. The molecule has 0 radical (unpaired) electrons. The summed E-state index contributed by atoms with van der Waals surface area (Å²) < 4.78 is 42.6. The Kier molecular flexibility index (Phi) is 6.50. The van der Waals surface area contributed by atoms with E-state index in [0.717, 1.165) is 5.56 Å². The lowest BCUT2D eigenvalue weighted by Crippen LogP contribution is -2.17. The topological polar surface area (TPSA) is 62.1 Å². The number of ether oxygens (including phenoxy) is 3. The first-order valence-electron chi connectivity index (χ1n) is 11.1. The molecule has 0 spiro atoms. The van der Waals surface area contributed by atoms with Gasteiger partial charge in [0.05, 0.1) is 25.0 Å². The summed E-state index contributed by atoms with van der Waals surface area (Å²) in [6.07, 6.45) is 7.60. The molecule has 0 saturated heterocycles. The molecule has 0 N–H and O–H groups in total. The minimum absolute atomic E-state index is 0.0133. The molecule has 180 valence electrons. The average Bonchev–Trinajstić information content (AvgIpc) is 3.56. The summed E-state index contributed by atoms with van der Waals surface area (Å²) in [4.78, 5) is 18.6. The second-order valence-corrected chi connectivity index (χ2v) is 8.98. The van der Waals surface area contributed by atoms with Crippen LogP contribution >= 0.6 is 11.3 Å². The fraction of sp³-hybridized carbons (Fsp3) is 0.231. The number of alkyl halides is 2. The molecule has 2 aromatic carbocycles. The number of fused-ring (bicyclic) bond motifs is 1. The maximum atomic E-state index is 13.3. The first-order valence-corrected chi connectivity index (χ1v) is 11.9. The molecule has 2 heterocycles. The third-order valence-electron chi connectivity index (χ3n) is 5.67. The van der Waals surface area contributed by atoms with E-state index < -0.39 is 6.61 Å². The molecular formula is C26H22F2N2O4S. The summed E-state index contributed by atoms with van der Waals surface area (Å²) in [5.41, 5.74) is 1.89. The lowest BCUT2D eigenvalue weighted by atomic mass is 10.0. The van der Waals surface area contributed by atoms with Crippen LogP contribution in [0.2, 0.25) is 0 Å². The average molecular weight is 497 g/mol. The Morgan fingerprint density at radius 2 is 1.97 bits per heavy atom. The van der Waals surface area contributed by atoms with E-state index in [1.54, 1.807) is 36.9 Å². The summed E-state index contributed by atoms with van der Waals surface area (Å²) in [7, 11) is 1.60. The first-order chi connectivity index (χ1) is 17.0. The van der Waals surface area contributed by atoms with Crippen LogP contribution in [-0.4, -0.2) is 29.7 Å². The minimum atomic E-state index is -2.92. The fourth-order valence-electron chi connectivity index (χ4n) is 3.73. The van der Waals surface area contributed by atoms with Crippen molar-refractivity contribution in [1.82, 2.24) is 9.38 Å². The first kappa shape index (κ1) is 23.0. The number of hydrogen-bond donors (Lipinski definition) is 0. The van der Waals surface area contributed by atoms with Crippen molar-refractivity contribution in [3.8, 4) is 28.4 Å². The second kappa shape index (κ2) is 9.87. The van der Waals surface area contributed by atoms with Gasteiger partial charge in [0.25, 0.3) is 5.56 Å². The zero-order chi connectivity index (χ0) is 24.4. The molecule has 0 amide bonds. The maximum absolute atomic E-state index is 13.3. The molecule has 0 bridgehead atoms. The second-order valence-electron chi connectivity index (χ2n) is 8.10. The molecule has 1 aliphatic rings. The van der Waals surface area contributed by atoms with Gasteiger partial charge in [-0.25, -0.2) is 4.98 Å². The highest BCUT2D eigenvalue weighted by molar-refractivity contribution is 7.15. The Hall–Kier alpha value is -3.72. The van der Waals surface area contributed by atoms with E-state index in [0.29, 0.717) is 45.8 Å². The molecule has 9 heteroatoms. The highest BCUT2D eigenvalue weighted by Crippen LogP contribution is 2.36. The van der Waals surface area contributed by atoms with E-state index in [-0.39, 0.29) is 11.3 Å². The third-order valence-corrected chi connectivity index (χ3v) is 6.43. The normalized spacial score (nSPS) is 13.6. The van der Waals surface area contributed by atoms with E-state index in [1.807, 2.05) is 24.3 Å². The number of para-hydroxylation sites is 1. The van der Waals surface area contributed by atoms with Gasteiger partial charge in [-0.1, -0.05) is 24.3 Å². The number of aromatic nitrogens is 2. The van der Waals surface area contributed by atoms with Gasteiger partial charge in [-0.2, -0.15) is 8.78 Å². The predicted octanol–water partition coefficient (Wildman–Crippen LogP) is 5.99. The van der Waals surface area contributed by atoms with Crippen molar-refractivity contribution in [2.24, 2.45) is 5.92 Å². The molecule has 0 aliphatic heterocycles. The van der Waals surface area contributed by atoms with Gasteiger partial charge in [-0.05, 0) is 54.7 Å². The smallest absolute Gasteiger partial charge is 0.387 e. The van der Waals surface area contributed by atoms with Crippen LogP contribution in [0.15, 0.2) is 58.8 Å². The van der Waals surface area contributed by atoms with E-state index >= 15 is 0 Å². The van der Waals surface area contributed by atoms with Crippen LogP contribution in [0.25, 0.3) is 28.2 Å². The standard InChI is InChI=1S/C26H22F2N2O4S/c1-32-21-4-2-3-18(23(21)33-15-16-5-6-16)9-12-20-22(24(31)30-13-14-35-26(30)29-20)17-7-10-19(11-8-17)34-25(27)28/h2-4,7-14,16,25H,5-6,15H2,1H3/b12-9+. The van der Waals surface area contributed by atoms with E-state index in [9.17, 15) is 13.6 Å². The van der Waals surface area contributed by atoms with Crippen molar-refractivity contribution >= 4 is 28.4 Å². The molecule has 1 fully saturated rings. The molecule has 2 aromatic heterocycles. The van der Waals surface area contributed by atoms with Crippen LogP contribution in [0.1, 0.15) is 24.1 Å². The molecular weight excluding hydrogens is 474 g/mol. The summed E-state index contributed by atoms with van der Waals surface area (Å²) in [6.45, 7) is -2.30. The summed E-state index contributed by atoms with van der Waals surface area (Å²) in [5, 5.41) is 1.78. The van der Waals surface area contributed by atoms with Gasteiger partial charge in [-0.3, -0.25) is 9.20 Å². The number of hydrogen-bond acceptors (Lipinski definition) is 6. The molecule has 0 atom stereocenters. The summed E-state index contributed by atoms with van der Waals surface area (Å²) in [6, 6.07) is 11.6. The fourth-order valence-corrected chi connectivity index (χ4v) is 4.44. The summed E-state index contributed by atoms with van der Waals surface area (Å²) >= 11 is 1.35. The molecule has 4 aromatic rings. The highest BCUT2D eigenvalue weighted by atomic mass is 32.1. The highest BCUT2D eigenvalue weighted by Gasteiger charge is 2.23. The SMILES string of the molecule is COc1cccc(/C=C/c2nc3sccn3c(=O)c2-c2ccc(OC(F)F)cc2)c1OCC1CC1. The zero-order valence-electron chi connectivity index (χ0n) is 18.8. The third kappa shape index (κ3) is 5.05. The molecule has 1 aliphatic carbocycles. The van der Waals surface area contributed by atoms with E-state index in [1.165, 1.54) is 40.7 Å². The zero-order valence-corrected chi connectivity index (χ0v) is 19.6. The van der Waals surface area contributed by atoms with Crippen molar-refractivity contribution in [2.75, 3.05) is 13.7 Å². The molecule has 1 saturated carbocycles. The van der Waals surface area contributed by atoms with Gasteiger partial charge in [0.1, 0.15) is 5.75 Å². The van der Waals surface area contributed by atoms with Gasteiger partial charge in [-0.15, -0.1) is 11.3 Å². The lowest BCUT2D eigenvalue weighted by Gasteiger charge is -2.13. The quantitative estimate of drug-likeness (QED) is 0.285. The number of methoxy groups -OCH3 is 1. The van der Waals surface area contributed by atoms with Gasteiger partial charge in [0, 0.05) is 17.1 Å². The lowest BCUT2D eigenvalue weighted by molar-refractivity contribution is -0.0498. The number of halogens is 2. The van der Waals surface area contributed by atoms with E-state index in [4.69, 9.17) is 9.47 Å². The Morgan fingerprint density at radius 3 is 2.69 bits per heavy atom. The molecule has 6 nitrogen and oxygen atoms in total. The van der Waals surface area contributed by atoms with Crippen molar-refractivity contribution in [1.29, 1.82) is 0 Å². The number of benzene rings is 2. The monoisotopic (exact) mass is 496 g/mol. The minimum Gasteiger partial charge on any atom is -0.493 e. The molecule has 35 heavy (non-hydrogen) atoms. The van der Waals surface area contributed by atoms with Crippen LogP contribution in [-0.2, 0) is 0 Å². The van der Waals surface area contributed by atoms with Crippen LogP contribution < -0.4 is 19.8 Å². The Balaban J connectivity index is 1.56. The van der Waals surface area contributed by atoms with Crippen LogP contribution in [0.4, 0.5) is 8.78 Å². The maximum Gasteiger partial charge on any atom is 0.387 e. The number of rotatable bonds is 9. The van der Waals surface area contributed by atoms with Crippen molar-refractivity contribution in [2.45, 2.75) is 19.5 Å². The van der Waals surface area contributed by atoms with Crippen molar-refractivity contribution in [3.05, 3.63) is 75.7 Å². The predicted molar refractivity (Wildman–Crippen MR) is 132 cm³/mol. The summed E-state index contributed by atoms with van der Waals surface area (Å²) in [5.74, 6) is 1.86. The Labute approximate surface area is 204 Å². The Bertz CT molecular complexity index is 1430. The van der Waals surface area contributed by atoms with E-state index in [2.05, 4.69) is 9.72 Å². The molecule has 0 unspecified atom stereocenters. The van der Waals surface area contributed by atoms with Gasteiger partial charge in [0.2, 0.25) is 0 Å². The Morgan fingerprint density at radius 1 is 1.17 bits per heavy atom. The molecule has 5 rings (SSSR count). The van der Waals surface area contributed by atoms with Gasteiger partial charge < -0.3 is 14.2 Å². The van der Waals surface area contributed by atoms with Gasteiger partial charge in [0.15, 0.2) is 16.5 Å². The van der Waals surface area contributed by atoms with Gasteiger partial charge >= 0.3 is 6.61 Å². The van der Waals surface area contributed by atoms with Crippen molar-refractivity contribution < 1.29 is 23.0 Å². The van der Waals surface area contributed by atoms with Crippen molar-refractivity contribution in [3.63, 3.8) is 0 Å². The van der Waals surface area contributed by atoms with Crippen LogP contribution in [0.3, 0.4) is 0 Å². The van der Waals surface area contributed by atoms with Crippen LogP contribution in [0.5, 0.6) is 17.2 Å². The number of nitrogens with zero attached hydrogens (tertiary/aromatic N) is 2.